The van der Waals surface area contributed by atoms with Crippen LogP contribution in [0.3, 0.4) is 0 Å². The van der Waals surface area contributed by atoms with Gasteiger partial charge in [0.1, 0.15) is 0 Å². The first-order valence-electron chi connectivity index (χ1n) is 6.30. The van der Waals surface area contributed by atoms with Gasteiger partial charge in [0.15, 0.2) is 5.82 Å². The van der Waals surface area contributed by atoms with Gasteiger partial charge in [0.05, 0.1) is 16.6 Å². The zero-order valence-corrected chi connectivity index (χ0v) is 12.3. The molecular formula is C12H15BrN4O2. The van der Waals surface area contributed by atoms with Gasteiger partial charge < -0.3 is 9.26 Å². The molecule has 0 atom stereocenters. The van der Waals surface area contributed by atoms with E-state index in [1.54, 1.807) is 4.68 Å². The minimum absolute atomic E-state index is 0.335. The van der Waals surface area contributed by atoms with E-state index in [-0.39, 0.29) is 0 Å². The minimum atomic E-state index is 0.335. The Morgan fingerprint density at radius 2 is 2.21 bits per heavy atom. The predicted octanol–water partition coefficient (Wildman–Crippen LogP) is 2.05. The van der Waals surface area contributed by atoms with Gasteiger partial charge in [-0.15, -0.1) is 0 Å². The lowest BCUT2D eigenvalue weighted by Crippen LogP contribution is -2.14. The first kappa shape index (κ1) is 12.8. The van der Waals surface area contributed by atoms with Gasteiger partial charge in [-0.25, -0.2) is 0 Å². The summed E-state index contributed by atoms with van der Waals surface area (Å²) in [6.45, 7) is 1.54. The van der Waals surface area contributed by atoms with Crippen molar-refractivity contribution in [3.8, 4) is 0 Å². The van der Waals surface area contributed by atoms with Gasteiger partial charge in [0.2, 0.25) is 5.89 Å². The lowest BCUT2D eigenvalue weighted by atomic mass is 10.0. The lowest BCUT2D eigenvalue weighted by Gasteiger charge is -2.17. The summed E-state index contributed by atoms with van der Waals surface area (Å²) < 4.78 is 13.4. The molecule has 102 valence electrons. The fourth-order valence-corrected chi connectivity index (χ4v) is 2.74. The van der Waals surface area contributed by atoms with E-state index in [9.17, 15) is 0 Å². The van der Waals surface area contributed by atoms with Crippen LogP contribution in [0, 0.1) is 0 Å². The van der Waals surface area contributed by atoms with E-state index < -0.39 is 0 Å². The van der Waals surface area contributed by atoms with Gasteiger partial charge in [0.25, 0.3) is 0 Å². The molecule has 19 heavy (non-hydrogen) atoms. The average Bonchev–Trinajstić information content (AvgIpc) is 2.99. The van der Waals surface area contributed by atoms with Crippen LogP contribution in [0.4, 0.5) is 0 Å². The molecule has 1 saturated heterocycles. The van der Waals surface area contributed by atoms with Crippen LogP contribution in [-0.2, 0) is 18.2 Å². The highest BCUT2D eigenvalue weighted by atomic mass is 79.9. The van der Waals surface area contributed by atoms with E-state index in [0.717, 1.165) is 42.1 Å². The Balaban J connectivity index is 1.72. The summed E-state index contributed by atoms with van der Waals surface area (Å²) in [6, 6.07) is 0. The van der Waals surface area contributed by atoms with Crippen LogP contribution >= 0.6 is 15.9 Å². The highest BCUT2D eigenvalue weighted by Gasteiger charge is 2.22. The number of hydrogen-bond donors (Lipinski definition) is 0. The van der Waals surface area contributed by atoms with Crippen LogP contribution in [0.2, 0.25) is 0 Å². The number of aryl methyl sites for hydroxylation is 1. The molecule has 1 fully saturated rings. The van der Waals surface area contributed by atoms with Gasteiger partial charge in [-0.05, 0) is 28.8 Å². The van der Waals surface area contributed by atoms with Gasteiger partial charge in [-0.1, -0.05) is 5.16 Å². The third-order valence-corrected chi connectivity index (χ3v) is 3.90. The highest BCUT2D eigenvalue weighted by Crippen LogP contribution is 2.26. The number of halogens is 1. The Kier molecular flexibility index (Phi) is 3.65. The SMILES string of the molecule is Cn1cc(Br)c(Cc2noc(C3CCOCC3)n2)n1. The van der Waals surface area contributed by atoms with E-state index in [0.29, 0.717) is 18.2 Å². The molecule has 1 aliphatic rings. The molecule has 7 heteroatoms. The van der Waals surface area contributed by atoms with Gasteiger partial charge >= 0.3 is 0 Å². The van der Waals surface area contributed by atoms with Crippen molar-refractivity contribution in [3.05, 3.63) is 28.1 Å². The molecule has 0 aromatic carbocycles. The van der Waals surface area contributed by atoms with Crippen molar-refractivity contribution >= 4 is 15.9 Å². The Labute approximate surface area is 119 Å². The Hall–Kier alpha value is -1.21. The zero-order valence-electron chi connectivity index (χ0n) is 10.7. The molecule has 2 aromatic rings. The molecule has 3 rings (SSSR count). The quantitative estimate of drug-likeness (QED) is 0.863. The maximum atomic E-state index is 5.36. The maximum absolute atomic E-state index is 5.36. The fraction of sp³-hybridized carbons (Fsp3) is 0.583. The standard InChI is InChI=1S/C12H15BrN4O2/c1-17-7-9(13)10(15-17)6-11-14-12(19-16-11)8-2-4-18-5-3-8/h7-8H,2-6H2,1H3. The predicted molar refractivity (Wildman–Crippen MR) is 70.8 cm³/mol. The van der Waals surface area contributed by atoms with Gasteiger partial charge in [-0.3, -0.25) is 4.68 Å². The first-order valence-corrected chi connectivity index (χ1v) is 7.10. The van der Waals surface area contributed by atoms with Gasteiger partial charge in [-0.2, -0.15) is 10.1 Å². The number of hydrogen-bond acceptors (Lipinski definition) is 5. The van der Waals surface area contributed by atoms with E-state index in [1.165, 1.54) is 0 Å². The molecule has 0 aliphatic carbocycles. The van der Waals surface area contributed by atoms with E-state index in [1.807, 2.05) is 13.2 Å². The van der Waals surface area contributed by atoms with Crippen molar-refractivity contribution < 1.29 is 9.26 Å². The molecule has 1 aliphatic heterocycles. The Bertz CT molecular complexity index is 560. The number of nitrogens with zero attached hydrogens (tertiary/aromatic N) is 4. The van der Waals surface area contributed by atoms with E-state index >= 15 is 0 Å². The summed E-state index contributed by atoms with van der Waals surface area (Å²) in [5.41, 5.74) is 0.918. The molecule has 2 aromatic heterocycles. The summed E-state index contributed by atoms with van der Waals surface area (Å²) in [5, 5.41) is 8.40. The Morgan fingerprint density at radius 3 is 2.89 bits per heavy atom. The Morgan fingerprint density at radius 1 is 1.42 bits per heavy atom. The third kappa shape index (κ3) is 2.87. The molecule has 0 amide bonds. The van der Waals surface area contributed by atoms with E-state index in [2.05, 4.69) is 31.2 Å². The molecule has 0 N–H and O–H groups in total. The molecule has 0 unspecified atom stereocenters. The van der Waals surface area contributed by atoms with Crippen molar-refractivity contribution in [3.63, 3.8) is 0 Å². The van der Waals surface area contributed by atoms with Crippen LogP contribution in [-0.4, -0.2) is 33.1 Å². The molecule has 6 nitrogen and oxygen atoms in total. The lowest BCUT2D eigenvalue weighted by molar-refractivity contribution is 0.0778. The van der Waals surface area contributed by atoms with Crippen LogP contribution in [0.1, 0.15) is 36.2 Å². The number of ether oxygens (including phenoxy) is 1. The van der Waals surface area contributed by atoms with Crippen LogP contribution in [0.15, 0.2) is 15.2 Å². The second-order valence-electron chi connectivity index (χ2n) is 4.71. The average molecular weight is 327 g/mol. The second kappa shape index (κ2) is 5.42. The van der Waals surface area contributed by atoms with Crippen LogP contribution in [0.25, 0.3) is 0 Å². The summed E-state index contributed by atoms with van der Waals surface area (Å²) >= 11 is 3.47. The maximum Gasteiger partial charge on any atom is 0.229 e. The summed E-state index contributed by atoms with van der Waals surface area (Å²) in [7, 11) is 1.89. The zero-order chi connectivity index (χ0) is 13.2. The monoisotopic (exact) mass is 326 g/mol. The highest BCUT2D eigenvalue weighted by molar-refractivity contribution is 9.10. The van der Waals surface area contributed by atoms with Crippen molar-refractivity contribution in [2.75, 3.05) is 13.2 Å². The van der Waals surface area contributed by atoms with Crippen molar-refractivity contribution in [1.29, 1.82) is 0 Å². The molecular weight excluding hydrogens is 312 g/mol. The number of aromatic nitrogens is 4. The smallest absolute Gasteiger partial charge is 0.229 e. The van der Waals surface area contributed by atoms with Crippen molar-refractivity contribution in [2.24, 2.45) is 7.05 Å². The largest absolute Gasteiger partial charge is 0.381 e. The fourth-order valence-electron chi connectivity index (χ4n) is 2.22. The van der Waals surface area contributed by atoms with E-state index in [4.69, 9.17) is 9.26 Å². The molecule has 0 bridgehead atoms. The third-order valence-electron chi connectivity index (χ3n) is 3.23. The summed E-state index contributed by atoms with van der Waals surface area (Å²) in [4.78, 5) is 4.48. The van der Waals surface area contributed by atoms with Crippen LogP contribution in [0.5, 0.6) is 0 Å². The molecule has 0 saturated carbocycles. The molecule has 0 radical (unpaired) electrons. The van der Waals surface area contributed by atoms with Gasteiger partial charge in [0, 0.05) is 32.4 Å². The minimum Gasteiger partial charge on any atom is -0.381 e. The molecule has 0 spiro atoms. The second-order valence-corrected chi connectivity index (χ2v) is 5.56. The number of rotatable bonds is 3. The summed E-state index contributed by atoms with van der Waals surface area (Å²) in [6.07, 6.45) is 4.40. The van der Waals surface area contributed by atoms with Crippen molar-refractivity contribution in [2.45, 2.75) is 25.2 Å². The van der Waals surface area contributed by atoms with Crippen molar-refractivity contribution in [1.82, 2.24) is 19.9 Å². The van der Waals surface area contributed by atoms with Crippen LogP contribution < -0.4 is 0 Å². The summed E-state index contributed by atoms with van der Waals surface area (Å²) in [5.74, 6) is 1.74. The first-order chi connectivity index (χ1) is 9.22. The topological polar surface area (TPSA) is 66.0 Å². The molecule has 3 heterocycles. The normalized spacial score (nSPS) is 16.9.